The molecule has 2 aromatic heterocycles. The van der Waals surface area contributed by atoms with Gasteiger partial charge < -0.3 is 4.42 Å². The number of nitrogens with one attached hydrogen (secondary N) is 1. The molecule has 0 radical (unpaired) electrons. The van der Waals surface area contributed by atoms with Crippen LogP contribution in [0.15, 0.2) is 58.1 Å². The van der Waals surface area contributed by atoms with Crippen LogP contribution in [0, 0.1) is 5.82 Å². The topological polar surface area (TPSA) is 89.3 Å². The van der Waals surface area contributed by atoms with Crippen molar-refractivity contribution in [3.63, 3.8) is 0 Å². The van der Waals surface area contributed by atoms with Gasteiger partial charge in [-0.1, -0.05) is 12.1 Å². The van der Waals surface area contributed by atoms with Gasteiger partial charge in [0.05, 0.1) is 0 Å². The highest BCUT2D eigenvalue weighted by Gasteiger charge is 2.22. The molecule has 22 heavy (non-hydrogen) atoms. The molecule has 0 bridgehead atoms. The molecule has 0 saturated heterocycles. The van der Waals surface area contributed by atoms with E-state index in [0.29, 0.717) is 5.39 Å². The quantitative estimate of drug-likeness (QED) is 0.798. The number of aromatic nitrogens is 1. The van der Waals surface area contributed by atoms with E-state index in [-0.39, 0.29) is 16.2 Å². The Morgan fingerprint density at radius 2 is 2.05 bits per heavy atom. The second-order valence-corrected chi connectivity index (χ2v) is 6.07. The molecule has 0 spiro atoms. The third kappa shape index (κ3) is 2.56. The minimum atomic E-state index is -4.07. The monoisotopic (exact) mass is 320 g/mol. The van der Waals surface area contributed by atoms with Crippen molar-refractivity contribution in [3.8, 4) is 0 Å². The van der Waals surface area contributed by atoms with Crippen LogP contribution in [-0.2, 0) is 10.0 Å². The molecule has 1 N–H and O–H groups in total. The lowest BCUT2D eigenvalue weighted by Gasteiger charge is -2.04. The zero-order valence-electron chi connectivity index (χ0n) is 11.0. The Balaban J connectivity index is 1.92. The summed E-state index contributed by atoms with van der Waals surface area (Å²) in [5.41, 5.74) is -0.105. The van der Waals surface area contributed by atoms with Gasteiger partial charge in [-0.05, 0) is 24.3 Å². The molecule has 1 amide bonds. The summed E-state index contributed by atoms with van der Waals surface area (Å²) in [6, 6.07) is 8.18. The van der Waals surface area contributed by atoms with Crippen molar-refractivity contribution in [1.29, 1.82) is 0 Å². The molecular weight excluding hydrogens is 311 g/mol. The maximum atomic E-state index is 13.5. The van der Waals surface area contributed by atoms with Crippen LogP contribution >= 0.6 is 0 Å². The summed E-state index contributed by atoms with van der Waals surface area (Å²) in [6.07, 6.45) is 2.51. The van der Waals surface area contributed by atoms with Gasteiger partial charge in [-0.25, -0.2) is 17.5 Å². The third-order valence-corrected chi connectivity index (χ3v) is 4.21. The number of hydrogen-bond acceptors (Lipinski definition) is 5. The highest BCUT2D eigenvalue weighted by Crippen LogP contribution is 2.22. The van der Waals surface area contributed by atoms with Crippen LogP contribution in [0.5, 0.6) is 0 Å². The zero-order valence-corrected chi connectivity index (χ0v) is 11.8. The number of sulfonamides is 1. The van der Waals surface area contributed by atoms with E-state index >= 15 is 0 Å². The molecule has 2 heterocycles. The summed E-state index contributed by atoms with van der Waals surface area (Å²) < 4.78 is 44.5. The molecule has 6 nitrogen and oxygen atoms in total. The van der Waals surface area contributed by atoms with Gasteiger partial charge in [0, 0.05) is 17.8 Å². The molecule has 0 saturated carbocycles. The molecule has 8 heteroatoms. The average Bonchev–Trinajstić information content (AvgIpc) is 2.93. The summed E-state index contributed by atoms with van der Waals surface area (Å²) in [4.78, 5) is 15.5. The lowest BCUT2D eigenvalue weighted by atomic mass is 10.2. The van der Waals surface area contributed by atoms with E-state index in [1.807, 2.05) is 4.72 Å². The fourth-order valence-corrected chi connectivity index (χ4v) is 2.80. The Kier molecular flexibility index (Phi) is 3.38. The van der Waals surface area contributed by atoms with Crippen molar-refractivity contribution in [2.75, 3.05) is 0 Å². The van der Waals surface area contributed by atoms with Gasteiger partial charge in [-0.2, -0.15) is 0 Å². The van der Waals surface area contributed by atoms with Crippen molar-refractivity contribution in [2.45, 2.75) is 4.90 Å². The highest BCUT2D eigenvalue weighted by atomic mass is 32.2. The minimum absolute atomic E-state index is 0.105. The van der Waals surface area contributed by atoms with Crippen LogP contribution < -0.4 is 4.72 Å². The molecule has 0 atom stereocenters. The van der Waals surface area contributed by atoms with Crippen molar-refractivity contribution in [2.24, 2.45) is 0 Å². The molecule has 1 aromatic carbocycles. The summed E-state index contributed by atoms with van der Waals surface area (Å²) >= 11 is 0. The minimum Gasteiger partial charge on any atom is -0.448 e. The van der Waals surface area contributed by atoms with Crippen LogP contribution in [0.4, 0.5) is 4.39 Å². The Hall–Kier alpha value is -2.74. The number of fused-ring (bicyclic) bond motifs is 1. The summed E-state index contributed by atoms with van der Waals surface area (Å²) in [5.74, 6) is -1.92. The molecule has 0 aliphatic heterocycles. The predicted octanol–water partition coefficient (Wildman–Crippen LogP) is 2.09. The Bertz CT molecular complexity index is 951. The van der Waals surface area contributed by atoms with Crippen molar-refractivity contribution in [1.82, 2.24) is 9.71 Å². The van der Waals surface area contributed by atoms with E-state index in [1.165, 1.54) is 36.5 Å². The summed E-state index contributed by atoms with van der Waals surface area (Å²) in [5, 5.41) is 0.365. The molecule has 0 fully saturated rings. The van der Waals surface area contributed by atoms with E-state index in [9.17, 15) is 17.6 Å². The Morgan fingerprint density at radius 1 is 1.23 bits per heavy atom. The first-order chi connectivity index (χ1) is 10.5. The second kappa shape index (κ2) is 5.23. The van der Waals surface area contributed by atoms with E-state index in [0.717, 1.165) is 6.20 Å². The van der Waals surface area contributed by atoms with Crippen LogP contribution in [-0.4, -0.2) is 19.3 Å². The fraction of sp³-hybridized carbons (Fsp3) is 0. The standard InChI is InChI=1S/C14H9FN2O4S/c15-11-5-1-3-9-7-12(21-13(9)11)14(18)17-22(19,20)10-4-2-6-16-8-10/h1-8H,(H,17,18). The first-order valence-corrected chi connectivity index (χ1v) is 7.61. The molecule has 3 rings (SSSR count). The molecular formula is C14H9FN2O4S. The second-order valence-electron chi connectivity index (χ2n) is 4.39. The first-order valence-electron chi connectivity index (χ1n) is 6.12. The smallest absolute Gasteiger partial charge is 0.300 e. The number of carbonyl (C=O) groups excluding carboxylic acids is 1. The van der Waals surface area contributed by atoms with Crippen LogP contribution in [0.25, 0.3) is 11.0 Å². The van der Waals surface area contributed by atoms with Gasteiger partial charge in [0.2, 0.25) is 0 Å². The number of amides is 1. The third-order valence-electron chi connectivity index (χ3n) is 2.89. The maximum absolute atomic E-state index is 13.5. The Labute approximate surface area is 124 Å². The lowest BCUT2D eigenvalue weighted by molar-refractivity contribution is 0.0956. The highest BCUT2D eigenvalue weighted by molar-refractivity contribution is 7.90. The Morgan fingerprint density at radius 3 is 2.73 bits per heavy atom. The lowest BCUT2D eigenvalue weighted by Crippen LogP contribution is -2.30. The van der Waals surface area contributed by atoms with Crippen molar-refractivity contribution in [3.05, 3.63) is 60.4 Å². The number of halogens is 1. The van der Waals surface area contributed by atoms with Gasteiger partial charge in [-0.3, -0.25) is 9.78 Å². The first kappa shape index (κ1) is 14.2. The van der Waals surface area contributed by atoms with Crippen molar-refractivity contribution >= 4 is 26.9 Å². The van der Waals surface area contributed by atoms with E-state index in [2.05, 4.69) is 4.98 Å². The van der Waals surface area contributed by atoms with Crippen molar-refractivity contribution < 1.29 is 22.0 Å². The number of furan rings is 1. The van der Waals surface area contributed by atoms with Gasteiger partial charge in [0.15, 0.2) is 17.2 Å². The normalized spacial score (nSPS) is 11.5. The van der Waals surface area contributed by atoms with E-state index in [4.69, 9.17) is 4.42 Å². The SMILES string of the molecule is O=C(NS(=O)(=O)c1cccnc1)c1cc2cccc(F)c2o1. The molecule has 0 aliphatic rings. The number of hydrogen-bond donors (Lipinski definition) is 1. The van der Waals surface area contributed by atoms with E-state index < -0.39 is 21.7 Å². The average molecular weight is 320 g/mol. The molecule has 0 unspecified atom stereocenters. The summed E-state index contributed by atoms with van der Waals surface area (Å²) in [7, 11) is -4.07. The predicted molar refractivity (Wildman–Crippen MR) is 75.1 cm³/mol. The van der Waals surface area contributed by atoms with Crippen LogP contribution in [0.2, 0.25) is 0 Å². The number of benzene rings is 1. The van der Waals surface area contributed by atoms with E-state index in [1.54, 1.807) is 6.07 Å². The van der Waals surface area contributed by atoms with Crippen LogP contribution in [0.1, 0.15) is 10.6 Å². The van der Waals surface area contributed by atoms with Gasteiger partial charge in [0.1, 0.15) is 4.90 Å². The van der Waals surface area contributed by atoms with Crippen LogP contribution in [0.3, 0.4) is 0 Å². The van der Waals surface area contributed by atoms with Gasteiger partial charge in [0.25, 0.3) is 10.0 Å². The number of para-hydroxylation sites is 1. The molecule has 3 aromatic rings. The zero-order chi connectivity index (χ0) is 15.7. The number of nitrogens with zero attached hydrogens (tertiary/aromatic N) is 1. The van der Waals surface area contributed by atoms with Gasteiger partial charge in [-0.15, -0.1) is 0 Å². The number of carbonyl (C=O) groups is 1. The van der Waals surface area contributed by atoms with Gasteiger partial charge >= 0.3 is 5.91 Å². The summed E-state index contributed by atoms with van der Waals surface area (Å²) in [6.45, 7) is 0. The number of rotatable bonds is 3. The molecule has 0 aliphatic carbocycles. The fourth-order valence-electron chi connectivity index (χ4n) is 1.88. The maximum Gasteiger partial charge on any atom is 0.300 e. The largest absolute Gasteiger partial charge is 0.448 e. The number of pyridine rings is 1. The molecule has 112 valence electrons.